The molecule has 0 aliphatic heterocycles. The Kier molecular flexibility index (Phi) is 4.71. The first-order valence-electron chi connectivity index (χ1n) is 5.73. The number of hydrogen-bond donors (Lipinski definition) is 3. The number of nitrogens with zero attached hydrogens (tertiary/aromatic N) is 4. The molecule has 12 heteroatoms. The second kappa shape index (κ2) is 6.70. The van der Waals surface area contributed by atoms with Gasteiger partial charge in [0.05, 0.1) is 11.6 Å². The number of azide groups is 1. The van der Waals surface area contributed by atoms with E-state index in [-0.39, 0.29) is 11.3 Å². The molecule has 23 heavy (non-hydrogen) atoms. The molecule has 1 heterocycles. The third-order valence-electron chi connectivity index (χ3n) is 2.48. The molecule has 3 N–H and O–H groups in total. The highest BCUT2D eigenvalue weighted by Crippen LogP contribution is 2.33. The third-order valence-corrected chi connectivity index (χ3v) is 2.80. The molecular weight excluding hydrogens is 332 g/mol. The molecule has 1 aromatic carbocycles. The molecule has 1 atom stereocenters. The lowest BCUT2D eigenvalue weighted by Gasteiger charge is -2.07. The average Bonchev–Trinajstić information content (AvgIpc) is 2.75. The molecule has 0 aliphatic carbocycles. The van der Waals surface area contributed by atoms with E-state index in [4.69, 9.17) is 14.9 Å². The molecule has 0 radical (unpaired) electrons. The number of rotatable bonds is 5. The summed E-state index contributed by atoms with van der Waals surface area (Å²) in [6, 6.07) is 6.08. The normalized spacial score (nSPS) is 11.3. The van der Waals surface area contributed by atoms with Crippen molar-refractivity contribution in [1.29, 1.82) is 0 Å². The minimum atomic E-state index is -2.74. The summed E-state index contributed by atoms with van der Waals surface area (Å²) in [5.74, 6) is -3.14. The Morgan fingerprint density at radius 3 is 2.52 bits per heavy atom. The Morgan fingerprint density at radius 2 is 1.96 bits per heavy atom. The van der Waals surface area contributed by atoms with Gasteiger partial charge < -0.3 is 19.2 Å². The van der Waals surface area contributed by atoms with Crippen LogP contribution >= 0.6 is 0 Å². The lowest BCUT2D eigenvalue weighted by Crippen LogP contribution is -2.19. The summed E-state index contributed by atoms with van der Waals surface area (Å²) >= 11 is -2.74. The molecule has 2 aromatic rings. The van der Waals surface area contributed by atoms with Gasteiger partial charge in [-0.2, -0.15) is 4.21 Å². The van der Waals surface area contributed by atoms with Crippen LogP contribution in [0.5, 0.6) is 17.5 Å². The van der Waals surface area contributed by atoms with E-state index in [1.54, 1.807) is 0 Å². The second-order valence-electron chi connectivity index (χ2n) is 3.90. The number of carbonyl (C=O) groups excluding carboxylic acids is 1. The van der Waals surface area contributed by atoms with E-state index in [1.165, 1.54) is 24.3 Å². The van der Waals surface area contributed by atoms with Crippen molar-refractivity contribution >= 4 is 23.0 Å². The molecule has 0 amide bonds. The maximum Gasteiger partial charge on any atom is 0.363 e. The van der Waals surface area contributed by atoms with Crippen LogP contribution in [-0.2, 0) is 11.4 Å². The monoisotopic (exact) mass is 340 g/mol. The molecule has 0 spiro atoms. The summed E-state index contributed by atoms with van der Waals surface area (Å²) in [7, 11) is 0. The maximum absolute atomic E-state index is 11.9. The Bertz CT molecular complexity index is 811. The van der Waals surface area contributed by atoms with Gasteiger partial charge >= 0.3 is 17.3 Å². The van der Waals surface area contributed by atoms with Gasteiger partial charge in [-0.05, 0) is 17.7 Å². The summed E-state index contributed by atoms with van der Waals surface area (Å²) in [6.07, 6.45) is 0. The zero-order chi connectivity index (χ0) is 17.0. The van der Waals surface area contributed by atoms with E-state index in [9.17, 15) is 19.2 Å². The fourth-order valence-corrected chi connectivity index (χ4v) is 1.80. The molecule has 2 rings (SSSR count). The fourth-order valence-electron chi connectivity index (χ4n) is 1.53. The fraction of sp³-hybridized carbons (Fsp3) is 0. The van der Waals surface area contributed by atoms with Crippen LogP contribution in [0.2, 0.25) is 0 Å². The SMILES string of the molecule is [N-]=[N+]=Nc1ccc(C(=O)On2c(O)cc(OS(=O)O)c2O)cc1. The van der Waals surface area contributed by atoms with Crippen LogP contribution in [0, 0.1) is 0 Å². The molecule has 0 saturated carbocycles. The summed E-state index contributed by atoms with van der Waals surface area (Å²) in [5.41, 5.74) is 8.58. The van der Waals surface area contributed by atoms with E-state index < -0.39 is 34.8 Å². The van der Waals surface area contributed by atoms with Crippen molar-refractivity contribution in [3.05, 3.63) is 46.3 Å². The van der Waals surface area contributed by atoms with Crippen LogP contribution in [0.3, 0.4) is 0 Å². The van der Waals surface area contributed by atoms with Crippen LogP contribution in [0.25, 0.3) is 10.4 Å². The molecule has 0 saturated heterocycles. The molecule has 120 valence electrons. The number of carbonyl (C=O) groups is 1. The van der Waals surface area contributed by atoms with Crippen LogP contribution in [0.15, 0.2) is 35.4 Å². The molecule has 0 aliphatic rings. The Hall–Kier alpha value is -3.21. The minimum Gasteiger partial charge on any atom is -0.492 e. The van der Waals surface area contributed by atoms with Crippen molar-refractivity contribution in [2.24, 2.45) is 5.11 Å². The van der Waals surface area contributed by atoms with Gasteiger partial charge in [-0.3, -0.25) is 4.55 Å². The van der Waals surface area contributed by atoms with E-state index in [0.717, 1.165) is 6.07 Å². The number of benzene rings is 1. The van der Waals surface area contributed by atoms with Gasteiger partial charge in [-0.1, -0.05) is 17.2 Å². The predicted molar refractivity (Wildman–Crippen MR) is 75.3 cm³/mol. The van der Waals surface area contributed by atoms with E-state index >= 15 is 0 Å². The first-order chi connectivity index (χ1) is 10.9. The van der Waals surface area contributed by atoms with Gasteiger partial charge in [0.25, 0.3) is 5.88 Å². The van der Waals surface area contributed by atoms with Gasteiger partial charge in [0, 0.05) is 10.6 Å². The van der Waals surface area contributed by atoms with E-state index in [2.05, 4.69) is 14.2 Å². The van der Waals surface area contributed by atoms with Crippen LogP contribution in [0.4, 0.5) is 5.69 Å². The third kappa shape index (κ3) is 3.71. The Labute approximate surface area is 130 Å². The van der Waals surface area contributed by atoms with Crippen molar-refractivity contribution in [2.45, 2.75) is 0 Å². The first kappa shape index (κ1) is 16.2. The zero-order valence-electron chi connectivity index (χ0n) is 11.1. The van der Waals surface area contributed by atoms with E-state index in [0.29, 0.717) is 4.73 Å². The summed E-state index contributed by atoms with van der Waals surface area (Å²) in [5, 5.41) is 22.5. The lowest BCUT2D eigenvalue weighted by molar-refractivity contribution is 0.0380. The Morgan fingerprint density at radius 1 is 1.30 bits per heavy atom. The predicted octanol–water partition coefficient (Wildman–Crippen LogP) is 1.63. The van der Waals surface area contributed by atoms with Gasteiger partial charge in [-0.25, -0.2) is 4.79 Å². The maximum atomic E-state index is 11.9. The van der Waals surface area contributed by atoms with Gasteiger partial charge in [0.2, 0.25) is 11.6 Å². The largest absolute Gasteiger partial charge is 0.492 e. The van der Waals surface area contributed by atoms with Gasteiger partial charge in [-0.15, -0.1) is 4.73 Å². The smallest absolute Gasteiger partial charge is 0.363 e. The summed E-state index contributed by atoms with van der Waals surface area (Å²) in [6.45, 7) is 0. The molecule has 0 fully saturated rings. The van der Waals surface area contributed by atoms with E-state index in [1.807, 2.05) is 0 Å². The minimum absolute atomic E-state index is 0.0302. The zero-order valence-corrected chi connectivity index (χ0v) is 11.9. The lowest BCUT2D eigenvalue weighted by atomic mass is 10.2. The first-order valence-corrected chi connectivity index (χ1v) is 6.76. The number of aromatic hydroxyl groups is 2. The van der Waals surface area contributed by atoms with Crippen molar-refractivity contribution < 1.29 is 32.8 Å². The van der Waals surface area contributed by atoms with Crippen molar-refractivity contribution in [3.8, 4) is 17.5 Å². The van der Waals surface area contributed by atoms with Gasteiger partial charge in [0.15, 0.2) is 0 Å². The molecule has 0 bridgehead atoms. The highest BCUT2D eigenvalue weighted by atomic mass is 32.2. The molecule has 1 unspecified atom stereocenters. The quantitative estimate of drug-likeness (QED) is 0.321. The van der Waals surface area contributed by atoms with Crippen molar-refractivity contribution in [3.63, 3.8) is 0 Å². The van der Waals surface area contributed by atoms with Crippen molar-refractivity contribution in [2.75, 3.05) is 0 Å². The highest BCUT2D eigenvalue weighted by Gasteiger charge is 2.21. The summed E-state index contributed by atoms with van der Waals surface area (Å²) < 4.78 is 23.7. The molecular formula is C11H8N4O7S. The summed E-state index contributed by atoms with van der Waals surface area (Å²) in [4.78, 5) is 19.2. The van der Waals surface area contributed by atoms with Crippen LogP contribution < -0.4 is 9.02 Å². The van der Waals surface area contributed by atoms with Gasteiger partial charge in [0.1, 0.15) is 0 Å². The highest BCUT2D eigenvalue weighted by molar-refractivity contribution is 7.74. The van der Waals surface area contributed by atoms with Crippen LogP contribution in [0.1, 0.15) is 10.4 Å². The Balaban J connectivity index is 2.21. The van der Waals surface area contributed by atoms with Crippen molar-refractivity contribution in [1.82, 2.24) is 4.73 Å². The number of aromatic nitrogens is 1. The number of hydrogen-bond acceptors (Lipinski definition) is 7. The topological polar surface area (TPSA) is 167 Å². The molecule has 1 aromatic heterocycles. The second-order valence-corrected chi connectivity index (χ2v) is 4.50. The average molecular weight is 340 g/mol. The standard InChI is InChI=1S/C11H8N4O7S/c12-14-13-7-3-1-6(2-4-7)11(18)21-15-9(16)5-8(10(15)17)22-23(19)20/h1-5,16-17H,(H,19,20). The van der Waals surface area contributed by atoms with Crippen LogP contribution in [-0.4, -0.2) is 29.7 Å². The molecule has 11 nitrogen and oxygen atoms in total.